The molecular weight excluding hydrogens is 344 g/mol. The van der Waals surface area contributed by atoms with Crippen molar-refractivity contribution in [3.8, 4) is 5.75 Å². The number of amides is 1. The van der Waals surface area contributed by atoms with Gasteiger partial charge in [0.2, 0.25) is 0 Å². The minimum atomic E-state index is -0.281. The number of benzene rings is 1. The number of nitrogens with one attached hydrogen (secondary N) is 1. The highest BCUT2D eigenvalue weighted by Crippen LogP contribution is 2.38. The van der Waals surface area contributed by atoms with Gasteiger partial charge in [-0.1, -0.05) is 0 Å². The first-order chi connectivity index (χ1) is 13.0. The largest absolute Gasteiger partial charge is 0.497 e. The van der Waals surface area contributed by atoms with E-state index in [4.69, 9.17) is 4.74 Å². The fourth-order valence-corrected chi connectivity index (χ4v) is 3.85. The molecule has 0 radical (unpaired) electrons. The van der Waals surface area contributed by atoms with E-state index in [0.29, 0.717) is 18.5 Å². The Kier molecular flexibility index (Phi) is 4.39. The average Bonchev–Trinajstić information content (AvgIpc) is 3.20. The molecular formula is C20H24N4O3. The van der Waals surface area contributed by atoms with Crippen molar-refractivity contribution < 1.29 is 14.6 Å². The number of carbonyl (C=O) groups excluding carboxylic acids is 1. The summed E-state index contributed by atoms with van der Waals surface area (Å²) in [6.07, 6.45) is 4.79. The molecule has 0 bridgehead atoms. The first-order valence-corrected chi connectivity index (χ1v) is 9.07. The molecule has 0 spiro atoms. The Morgan fingerprint density at radius 2 is 2.11 bits per heavy atom. The Labute approximate surface area is 157 Å². The molecule has 3 aromatic rings. The molecule has 7 heteroatoms. The number of rotatable bonds is 5. The number of methoxy groups -OCH3 is 1. The van der Waals surface area contributed by atoms with Gasteiger partial charge in [0.25, 0.3) is 5.91 Å². The van der Waals surface area contributed by atoms with Gasteiger partial charge in [0.05, 0.1) is 31.0 Å². The standard InChI is InChI=1S/C20H24N4O3/c1-23-11-14(10-21-23)19(13-6-15(25)7-13)22-20(26)18-8-12-4-5-16(27-3)9-17(12)24(18)2/h4-5,8-11,13,15,19,25H,6-7H2,1-3H3,(H,22,26)/t13?,15?,19-/m0/s1. The molecule has 1 aliphatic rings. The lowest BCUT2D eigenvalue weighted by Crippen LogP contribution is -2.41. The summed E-state index contributed by atoms with van der Waals surface area (Å²) < 4.78 is 8.90. The second-order valence-corrected chi connectivity index (χ2v) is 7.30. The number of aromatic nitrogens is 3. The maximum absolute atomic E-state index is 13.1. The van der Waals surface area contributed by atoms with E-state index < -0.39 is 0 Å². The summed E-state index contributed by atoms with van der Waals surface area (Å²) in [5.41, 5.74) is 2.49. The van der Waals surface area contributed by atoms with E-state index in [9.17, 15) is 9.90 Å². The molecule has 2 aromatic heterocycles. The van der Waals surface area contributed by atoms with E-state index in [2.05, 4.69) is 10.4 Å². The van der Waals surface area contributed by atoms with Gasteiger partial charge in [-0.15, -0.1) is 0 Å². The van der Waals surface area contributed by atoms with Gasteiger partial charge in [-0.2, -0.15) is 5.10 Å². The summed E-state index contributed by atoms with van der Waals surface area (Å²) in [7, 11) is 5.36. The maximum Gasteiger partial charge on any atom is 0.268 e. The SMILES string of the molecule is COc1ccc2cc(C(=O)N[C@H](c3cnn(C)c3)C3CC(O)C3)n(C)c2c1. The molecule has 7 nitrogen and oxygen atoms in total. The minimum absolute atomic E-state index is 0.136. The van der Waals surface area contributed by atoms with Crippen LogP contribution in [0.1, 0.15) is 34.9 Å². The van der Waals surface area contributed by atoms with Crippen LogP contribution >= 0.6 is 0 Å². The van der Waals surface area contributed by atoms with Crippen molar-refractivity contribution in [2.45, 2.75) is 25.0 Å². The van der Waals surface area contributed by atoms with Crippen LogP contribution in [0.5, 0.6) is 5.75 Å². The summed E-state index contributed by atoms with van der Waals surface area (Å²) >= 11 is 0. The van der Waals surface area contributed by atoms with Crippen LogP contribution in [-0.4, -0.2) is 38.6 Å². The number of carbonyl (C=O) groups is 1. The fourth-order valence-electron chi connectivity index (χ4n) is 3.85. The van der Waals surface area contributed by atoms with E-state index in [1.54, 1.807) is 18.0 Å². The highest BCUT2D eigenvalue weighted by atomic mass is 16.5. The second kappa shape index (κ2) is 6.74. The van der Waals surface area contributed by atoms with Crippen molar-refractivity contribution in [2.75, 3.05) is 7.11 Å². The van der Waals surface area contributed by atoms with Crippen molar-refractivity contribution in [3.63, 3.8) is 0 Å². The molecule has 1 aromatic carbocycles. The van der Waals surface area contributed by atoms with Crippen LogP contribution in [0.3, 0.4) is 0 Å². The van der Waals surface area contributed by atoms with Gasteiger partial charge < -0.3 is 19.7 Å². The highest BCUT2D eigenvalue weighted by molar-refractivity contribution is 5.99. The Morgan fingerprint density at radius 3 is 2.74 bits per heavy atom. The number of aliphatic hydroxyl groups is 1. The third-order valence-electron chi connectivity index (χ3n) is 5.48. The lowest BCUT2D eigenvalue weighted by atomic mass is 9.75. The molecule has 0 unspecified atom stereocenters. The number of nitrogens with zero attached hydrogens (tertiary/aromatic N) is 3. The molecule has 1 aliphatic carbocycles. The van der Waals surface area contributed by atoms with Crippen LogP contribution in [0.25, 0.3) is 10.9 Å². The van der Waals surface area contributed by atoms with E-state index in [0.717, 1.165) is 22.2 Å². The van der Waals surface area contributed by atoms with Crippen molar-refractivity contribution in [1.29, 1.82) is 0 Å². The van der Waals surface area contributed by atoms with Crippen LogP contribution in [0.4, 0.5) is 0 Å². The highest BCUT2D eigenvalue weighted by Gasteiger charge is 2.36. The molecule has 0 saturated heterocycles. The number of aryl methyl sites for hydroxylation is 2. The zero-order chi connectivity index (χ0) is 19.1. The van der Waals surface area contributed by atoms with E-state index in [-0.39, 0.29) is 24.0 Å². The summed E-state index contributed by atoms with van der Waals surface area (Å²) in [6.45, 7) is 0. The van der Waals surface area contributed by atoms with E-state index in [1.165, 1.54) is 0 Å². The molecule has 27 heavy (non-hydrogen) atoms. The summed E-state index contributed by atoms with van der Waals surface area (Å²) in [4.78, 5) is 13.1. The van der Waals surface area contributed by atoms with Gasteiger partial charge in [-0.3, -0.25) is 9.48 Å². The Morgan fingerprint density at radius 1 is 1.33 bits per heavy atom. The zero-order valence-electron chi connectivity index (χ0n) is 15.7. The number of aliphatic hydroxyl groups excluding tert-OH is 1. The quantitative estimate of drug-likeness (QED) is 0.723. The molecule has 2 N–H and O–H groups in total. The minimum Gasteiger partial charge on any atom is -0.497 e. The van der Waals surface area contributed by atoms with Crippen molar-refractivity contribution in [3.05, 3.63) is 47.9 Å². The fraction of sp³-hybridized carbons (Fsp3) is 0.400. The van der Waals surface area contributed by atoms with Crippen LogP contribution < -0.4 is 10.1 Å². The Hall–Kier alpha value is -2.80. The van der Waals surface area contributed by atoms with Gasteiger partial charge >= 0.3 is 0 Å². The number of ether oxygens (including phenoxy) is 1. The Bertz CT molecular complexity index is 984. The molecule has 2 heterocycles. The Balaban J connectivity index is 1.63. The smallest absolute Gasteiger partial charge is 0.268 e. The first kappa shape index (κ1) is 17.6. The summed E-state index contributed by atoms with van der Waals surface area (Å²) in [5.74, 6) is 0.832. The normalized spacial score (nSPS) is 20.3. The van der Waals surface area contributed by atoms with Gasteiger partial charge in [-0.25, -0.2) is 0 Å². The lowest BCUT2D eigenvalue weighted by Gasteiger charge is -2.37. The molecule has 1 saturated carbocycles. The van der Waals surface area contributed by atoms with Gasteiger partial charge in [0, 0.05) is 37.3 Å². The topological polar surface area (TPSA) is 81.3 Å². The van der Waals surface area contributed by atoms with Gasteiger partial charge in [0.1, 0.15) is 11.4 Å². The van der Waals surface area contributed by atoms with Crippen LogP contribution in [0, 0.1) is 5.92 Å². The third kappa shape index (κ3) is 3.19. The summed E-state index contributed by atoms with van der Waals surface area (Å²) in [5, 5.41) is 18.1. The van der Waals surface area contributed by atoms with Crippen molar-refractivity contribution in [2.24, 2.45) is 20.0 Å². The monoisotopic (exact) mass is 368 g/mol. The number of fused-ring (bicyclic) bond motifs is 1. The predicted molar refractivity (Wildman–Crippen MR) is 102 cm³/mol. The van der Waals surface area contributed by atoms with Crippen LogP contribution in [0.2, 0.25) is 0 Å². The van der Waals surface area contributed by atoms with E-state index >= 15 is 0 Å². The number of hydrogen-bond donors (Lipinski definition) is 2. The maximum atomic E-state index is 13.1. The van der Waals surface area contributed by atoms with E-state index in [1.807, 2.05) is 49.1 Å². The number of hydrogen-bond acceptors (Lipinski definition) is 4. The van der Waals surface area contributed by atoms with Crippen LogP contribution in [0.15, 0.2) is 36.7 Å². The second-order valence-electron chi connectivity index (χ2n) is 7.30. The molecule has 1 amide bonds. The van der Waals surface area contributed by atoms with Crippen molar-refractivity contribution >= 4 is 16.8 Å². The van der Waals surface area contributed by atoms with Gasteiger partial charge in [0.15, 0.2) is 0 Å². The van der Waals surface area contributed by atoms with Gasteiger partial charge in [-0.05, 0) is 37.0 Å². The third-order valence-corrected chi connectivity index (χ3v) is 5.48. The first-order valence-electron chi connectivity index (χ1n) is 9.07. The molecule has 1 atom stereocenters. The molecule has 1 fully saturated rings. The molecule has 142 valence electrons. The molecule has 0 aliphatic heterocycles. The van der Waals surface area contributed by atoms with Crippen molar-refractivity contribution in [1.82, 2.24) is 19.7 Å². The summed E-state index contributed by atoms with van der Waals surface area (Å²) in [6, 6.07) is 7.49. The molecule has 4 rings (SSSR count). The van der Waals surface area contributed by atoms with Crippen LogP contribution in [-0.2, 0) is 14.1 Å². The lowest BCUT2D eigenvalue weighted by molar-refractivity contribution is 0.0234. The zero-order valence-corrected chi connectivity index (χ0v) is 15.7. The predicted octanol–water partition coefficient (Wildman–Crippen LogP) is 2.16. The average molecular weight is 368 g/mol.